The van der Waals surface area contributed by atoms with Crippen LogP contribution in [0.3, 0.4) is 0 Å². The molecule has 106 valence electrons. The highest BCUT2D eigenvalue weighted by molar-refractivity contribution is 7.14. The van der Waals surface area contributed by atoms with Gasteiger partial charge in [-0.3, -0.25) is 4.79 Å². The van der Waals surface area contributed by atoms with Gasteiger partial charge in [0.15, 0.2) is 5.13 Å². The fourth-order valence-corrected chi connectivity index (χ4v) is 2.27. The number of anilines is 1. The maximum absolute atomic E-state index is 11.6. The largest absolute Gasteiger partial charge is 0.507 e. The normalized spacial score (nSPS) is 10.6. The van der Waals surface area contributed by atoms with Crippen molar-refractivity contribution >= 4 is 22.4 Å². The number of nitrogens with one attached hydrogen (secondary N) is 1. The van der Waals surface area contributed by atoms with E-state index in [1.165, 1.54) is 24.5 Å². The zero-order valence-electron chi connectivity index (χ0n) is 11.5. The second-order valence-electron chi connectivity index (χ2n) is 4.56. The van der Waals surface area contributed by atoms with Gasteiger partial charge in [0.2, 0.25) is 5.91 Å². The number of carbonyl (C=O) groups excluding carboxylic acids is 1. The minimum absolute atomic E-state index is 0.0788. The molecule has 0 atom stereocenters. The smallest absolute Gasteiger partial charge is 0.228 e. The van der Waals surface area contributed by atoms with Crippen LogP contribution in [0.1, 0.15) is 13.8 Å². The number of phenols is 1. The zero-order valence-corrected chi connectivity index (χ0v) is 12.3. The minimum Gasteiger partial charge on any atom is -0.507 e. The first kappa shape index (κ1) is 14.3. The van der Waals surface area contributed by atoms with Crippen LogP contribution in [0, 0.1) is 5.92 Å². The third-order valence-electron chi connectivity index (χ3n) is 2.74. The van der Waals surface area contributed by atoms with E-state index >= 15 is 0 Å². The van der Waals surface area contributed by atoms with E-state index in [2.05, 4.69) is 10.3 Å². The molecule has 0 saturated carbocycles. The summed E-state index contributed by atoms with van der Waals surface area (Å²) in [5, 5.41) is 15.0. The Kier molecular flexibility index (Phi) is 4.24. The van der Waals surface area contributed by atoms with Gasteiger partial charge in [-0.25, -0.2) is 4.98 Å². The number of nitrogens with zero attached hydrogens (tertiary/aromatic N) is 1. The molecule has 2 rings (SSSR count). The lowest BCUT2D eigenvalue weighted by molar-refractivity contribution is -0.118. The summed E-state index contributed by atoms with van der Waals surface area (Å²) in [6.07, 6.45) is 0. The van der Waals surface area contributed by atoms with E-state index in [-0.39, 0.29) is 17.6 Å². The number of thiazole rings is 1. The summed E-state index contributed by atoms with van der Waals surface area (Å²) in [6, 6.07) is 5.01. The first-order valence-corrected chi connectivity index (χ1v) is 7.03. The number of carbonyl (C=O) groups is 1. The molecule has 0 radical (unpaired) electrons. The average Bonchev–Trinajstić information content (AvgIpc) is 2.86. The van der Waals surface area contributed by atoms with Crippen LogP contribution in [0.15, 0.2) is 23.6 Å². The summed E-state index contributed by atoms with van der Waals surface area (Å²) < 4.78 is 5.04. The second-order valence-corrected chi connectivity index (χ2v) is 5.42. The summed E-state index contributed by atoms with van der Waals surface area (Å²) in [4.78, 5) is 15.9. The molecule has 1 amide bonds. The lowest BCUT2D eigenvalue weighted by atomic mass is 10.1. The van der Waals surface area contributed by atoms with Crippen molar-refractivity contribution in [3.05, 3.63) is 23.6 Å². The van der Waals surface area contributed by atoms with Crippen LogP contribution in [-0.4, -0.2) is 23.1 Å². The highest BCUT2D eigenvalue weighted by Crippen LogP contribution is 2.34. The number of amides is 1. The molecule has 0 aliphatic rings. The fourth-order valence-electron chi connectivity index (χ4n) is 1.56. The highest BCUT2D eigenvalue weighted by Gasteiger charge is 2.13. The molecule has 0 aliphatic carbocycles. The molecule has 2 N–H and O–H groups in total. The van der Waals surface area contributed by atoms with Crippen LogP contribution in [0.4, 0.5) is 5.13 Å². The van der Waals surface area contributed by atoms with E-state index in [9.17, 15) is 9.90 Å². The predicted molar refractivity (Wildman–Crippen MR) is 79.2 cm³/mol. The molecular formula is C14H16N2O3S. The SMILES string of the molecule is COc1ccc(-c2csc(NC(=O)C(C)C)n2)c(O)c1. The molecule has 6 heteroatoms. The van der Waals surface area contributed by atoms with E-state index < -0.39 is 0 Å². The lowest BCUT2D eigenvalue weighted by Crippen LogP contribution is -2.17. The Balaban J connectivity index is 2.22. The van der Waals surface area contributed by atoms with Crippen LogP contribution in [-0.2, 0) is 4.79 Å². The van der Waals surface area contributed by atoms with Crippen LogP contribution in [0.25, 0.3) is 11.3 Å². The molecule has 0 spiro atoms. The van der Waals surface area contributed by atoms with Crippen LogP contribution < -0.4 is 10.1 Å². The molecule has 20 heavy (non-hydrogen) atoms. The Hall–Kier alpha value is -2.08. The summed E-state index contributed by atoms with van der Waals surface area (Å²) in [7, 11) is 1.54. The maximum Gasteiger partial charge on any atom is 0.228 e. The van der Waals surface area contributed by atoms with Gasteiger partial charge in [-0.05, 0) is 12.1 Å². The summed E-state index contributed by atoms with van der Waals surface area (Å²) in [5.74, 6) is 0.493. The van der Waals surface area contributed by atoms with E-state index in [0.717, 1.165) is 0 Å². The van der Waals surface area contributed by atoms with Crippen molar-refractivity contribution in [2.45, 2.75) is 13.8 Å². The van der Waals surface area contributed by atoms with Crippen molar-refractivity contribution in [2.24, 2.45) is 5.92 Å². The number of phenolic OH excluding ortho intramolecular Hbond substituents is 1. The van der Waals surface area contributed by atoms with E-state index in [4.69, 9.17) is 4.74 Å². The van der Waals surface area contributed by atoms with Crippen molar-refractivity contribution in [1.29, 1.82) is 0 Å². The zero-order chi connectivity index (χ0) is 14.7. The van der Waals surface area contributed by atoms with Crippen LogP contribution in [0.5, 0.6) is 11.5 Å². The minimum atomic E-state index is -0.100. The third kappa shape index (κ3) is 3.08. The standard InChI is InChI=1S/C14H16N2O3S/c1-8(2)13(18)16-14-15-11(7-20-14)10-5-4-9(19-3)6-12(10)17/h4-8,17H,1-3H3,(H,15,16,18). The van der Waals surface area contributed by atoms with Crippen molar-refractivity contribution < 1.29 is 14.6 Å². The molecule has 1 aromatic carbocycles. The van der Waals surface area contributed by atoms with Gasteiger partial charge in [0, 0.05) is 22.9 Å². The number of ether oxygens (including phenoxy) is 1. The van der Waals surface area contributed by atoms with Gasteiger partial charge in [0.05, 0.1) is 12.8 Å². The first-order chi connectivity index (χ1) is 9.51. The molecule has 2 aromatic rings. The Morgan fingerprint density at radius 1 is 1.45 bits per heavy atom. The molecule has 5 nitrogen and oxygen atoms in total. The number of aromatic hydroxyl groups is 1. The summed E-state index contributed by atoms with van der Waals surface area (Å²) in [5.41, 5.74) is 1.22. The Bertz CT molecular complexity index is 623. The fraction of sp³-hybridized carbons (Fsp3) is 0.286. The summed E-state index contributed by atoms with van der Waals surface area (Å²) in [6.45, 7) is 3.64. The number of rotatable bonds is 4. The molecule has 1 heterocycles. The van der Waals surface area contributed by atoms with Crippen LogP contribution >= 0.6 is 11.3 Å². The quantitative estimate of drug-likeness (QED) is 0.908. The van der Waals surface area contributed by atoms with Crippen molar-refractivity contribution in [2.75, 3.05) is 12.4 Å². The van der Waals surface area contributed by atoms with E-state index in [1.807, 2.05) is 13.8 Å². The van der Waals surface area contributed by atoms with Gasteiger partial charge in [-0.15, -0.1) is 11.3 Å². The average molecular weight is 292 g/mol. The number of aromatic nitrogens is 1. The molecule has 0 bridgehead atoms. The lowest BCUT2D eigenvalue weighted by Gasteiger charge is -2.05. The van der Waals surface area contributed by atoms with Gasteiger partial charge in [-0.1, -0.05) is 13.8 Å². The maximum atomic E-state index is 11.6. The van der Waals surface area contributed by atoms with Gasteiger partial charge in [-0.2, -0.15) is 0 Å². The molecule has 0 unspecified atom stereocenters. The topological polar surface area (TPSA) is 71.5 Å². The van der Waals surface area contributed by atoms with Crippen LogP contribution in [0.2, 0.25) is 0 Å². The summed E-state index contributed by atoms with van der Waals surface area (Å²) >= 11 is 1.32. The highest BCUT2D eigenvalue weighted by atomic mass is 32.1. The predicted octanol–water partition coefficient (Wildman–Crippen LogP) is 3.12. The molecule has 0 aliphatic heterocycles. The van der Waals surface area contributed by atoms with E-state index in [1.54, 1.807) is 17.5 Å². The Morgan fingerprint density at radius 2 is 2.20 bits per heavy atom. The van der Waals surface area contributed by atoms with Crippen molar-refractivity contribution in [3.63, 3.8) is 0 Å². The van der Waals surface area contributed by atoms with Gasteiger partial charge in [0.1, 0.15) is 11.5 Å². The van der Waals surface area contributed by atoms with Gasteiger partial charge >= 0.3 is 0 Å². The molecule has 1 aromatic heterocycles. The molecule has 0 fully saturated rings. The number of benzene rings is 1. The second kappa shape index (κ2) is 5.92. The first-order valence-electron chi connectivity index (χ1n) is 6.15. The van der Waals surface area contributed by atoms with Crippen molar-refractivity contribution in [3.8, 4) is 22.8 Å². The Labute approximate surface area is 121 Å². The molecule has 0 saturated heterocycles. The third-order valence-corrected chi connectivity index (χ3v) is 3.50. The number of hydrogen-bond acceptors (Lipinski definition) is 5. The van der Waals surface area contributed by atoms with Gasteiger partial charge < -0.3 is 15.2 Å². The van der Waals surface area contributed by atoms with Crippen molar-refractivity contribution in [1.82, 2.24) is 4.98 Å². The number of methoxy groups -OCH3 is 1. The monoisotopic (exact) mass is 292 g/mol. The number of hydrogen-bond donors (Lipinski definition) is 2. The molecular weight excluding hydrogens is 276 g/mol. The van der Waals surface area contributed by atoms with Gasteiger partial charge in [0.25, 0.3) is 0 Å². The van der Waals surface area contributed by atoms with E-state index in [0.29, 0.717) is 22.1 Å². The Morgan fingerprint density at radius 3 is 2.80 bits per heavy atom.